The molecule has 0 amide bonds. The van der Waals surface area contributed by atoms with Crippen molar-refractivity contribution >= 4 is 28.8 Å². The average Bonchev–Trinajstić information content (AvgIpc) is 2.77. The molecule has 0 unspecified atom stereocenters. The molecule has 4 aromatic carbocycles. The molecule has 0 N–H and O–H groups in total. The Balaban J connectivity index is 1.67. The van der Waals surface area contributed by atoms with Gasteiger partial charge in [-0.05, 0) is 59.3 Å². The summed E-state index contributed by atoms with van der Waals surface area (Å²) in [6.07, 6.45) is 2.14. The third-order valence-electron chi connectivity index (χ3n) is 4.75. The molecular formula is C26H23NS. The van der Waals surface area contributed by atoms with Crippen molar-refractivity contribution in [3.63, 3.8) is 0 Å². The predicted molar refractivity (Wildman–Crippen MR) is 124 cm³/mol. The van der Waals surface area contributed by atoms with Crippen molar-refractivity contribution in [2.24, 2.45) is 0 Å². The van der Waals surface area contributed by atoms with Crippen LogP contribution in [-0.2, 0) is 5.75 Å². The van der Waals surface area contributed by atoms with Crippen LogP contribution in [0.15, 0.2) is 109 Å². The van der Waals surface area contributed by atoms with Crippen LogP contribution in [0, 0.1) is 0 Å². The first-order valence-electron chi connectivity index (χ1n) is 9.44. The summed E-state index contributed by atoms with van der Waals surface area (Å²) in [4.78, 5) is 2.28. The Bertz CT molecular complexity index is 954. The molecular weight excluding hydrogens is 358 g/mol. The Kier molecular flexibility index (Phi) is 5.79. The van der Waals surface area contributed by atoms with Crippen molar-refractivity contribution in [3.05, 3.63) is 115 Å². The van der Waals surface area contributed by atoms with Gasteiger partial charge < -0.3 is 4.90 Å². The molecule has 2 heteroatoms. The number of benzene rings is 4. The van der Waals surface area contributed by atoms with Crippen molar-refractivity contribution in [2.75, 3.05) is 11.2 Å². The minimum atomic E-state index is 1.06. The summed E-state index contributed by atoms with van der Waals surface area (Å²) in [6, 6.07) is 38.7. The lowest BCUT2D eigenvalue weighted by Gasteiger charge is -2.25. The lowest BCUT2D eigenvalue weighted by atomic mass is 10.0. The fourth-order valence-electron chi connectivity index (χ4n) is 3.36. The van der Waals surface area contributed by atoms with Crippen LogP contribution in [0.2, 0.25) is 0 Å². The normalized spacial score (nSPS) is 10.6. The first-order valence-corrected chi connectivity index (χ1v) is 10.8. The molecule has 0 aliphatic rings. The maximum atomic E-state index is 2.28. The van der Waals surface area contributed by atoms with Crippen LogP contribution in [-0.4, -0.2) is 6.26 Å². The number of para-hydroxylation sites is 2. The molecule has 0 aromatic heterocycles. The number of anilines is 3. The highest BCUT2D eigenvalue weighted by Gasteiger charge is 2.11. The molecule has 4 aromatic rings. The zero-order valence-electron chi connectivity index (χ0n) is 16.0. The summed E-state index contributed by atoms with van der Waals surface area (Å²) in [6.45, 7) is 0. The highest BCUT2D eigenvalue weighted by atomic mass is 32.2. The lowest BCUT2D eigenvalue weighted by molar-refractivity contribution is 1.28. The molecule has 0 atom stereocenters. The van der Waals surface area contributed by atoms with Crippen molar-refractivity contribution in [3.8, 4) is 11.1 Å². The first kappa shape index (κ1) is 18.4. The van der Waals surface area contributed by atoms with E-state index >= 15 is 0 Å². The van der Waals surface area contributed by atoms with Gasteiger partial charge in [-0.1, -0.05) is 72.8 Å². The van der Waals surface area contributed by atoms with Gasteiger partial charge in [-0.25, -0.2) is 0 Å². The highest BCUT2D eigenvalue weighted by molar-refractivity contribution is 7.97. The van der Waals surface area contributed by atoms with Crippen molar-refractivity contribution < 1.29 is 0 Å². The Morgan fingerprint density at radius 1 is 0.536 bits per heavy atom. The molecule has 0 fully saturated rings. The van der Waals surface area contributed by atoms with Gasteiger partial charge >= 0.3 is 0 Å². The van der Waals surface area contributed by atoms with Crippen LogP contribution in [0.3, 0.4) is 0 Å². The molecule has 28 heavy (non-hydrogen) atoms. The number of nitrogens with zero attached hydrogens (tertiary/aromatic N) is 1. The summed E-state index contributed by atoms with van der Waals surface area (Å²) in [5.74, 6) is 1.06. The van der Waals surface area contributed by atoms with E-state index in [0.29, 0.717) is 0 Å². The molecule has 0 aliphatic carbocycles. The highest BCUT2D eigenvalue weighted by Crippen LogP contribution is 2.35. The van der Waals surface area contributed by atoms with Crippen molar-refractivity contribution in [2.45, 2.75) is 5.75 Å². The van der Waals surface area contributed by atoms with Gasteiger partial charge in [0.1, 0.15) is 0 Å². The van der Waals surface area contributed by atoms with E-state index in [1.807, 2.05) is 11.8 Å². The van der Waals surface area contributed by atoms with Gasteiger partial charge in [0.2, 0.25) is 0 Å². The summed E-state index contributed by atoms with van der Waals surface area (Å²) in [5.41, 5.74) is 7.32. The second kappa shape index (κ2) is 8.81. The van der Waals surface area contributed by atoms with Gasteiger partial charge in [0.05, 0.1) is 0 Å². The molecule has 0 heterocycles. The van der Waals surface area contributed by atoms with E-state index in [-0.39, 0.29) is 0 Å². The molecule has 0 spiro atoms. The van der Waals surface area contributed by atoms with Gasteiger partial charge in [-0.15, -0.1) is 0 Å². The zero-order chi connectivity index (χ0) is 19.2. The number of rotatable bonds is 6. The molecule has 138 valence electrons. The van der Waals surface area contributed by atoms with Gasteiger partial charge in [0.15, 0.2) is 0 Å². The number of hydrogen-bond donors (Lipinski definition) is 0. The monoisotopic (exact) mass is 381 g/mol. The van der Waals surface area contributed by atoms with Crippen LogP contribution in [0.1, 0.15) is 5.56 Å². The second-order valence-electron chi connectivity index (χ2n) is 6.68. The maximum absolute atomic E-state index is 2.28. The minimum absolute atomic E-state index is 1.06. The summed E-state index contributed by atoms with van der Waals surface area (Å²) in [5, 5.41) is 0. The van der Waals surface area contributed by atoms with Crippen LogP contribution in [0.5, 0.6) is 0 Å². The Morgan fingerprint density at radius 3 is 1.43 bits per heavy atom. The largest absolute Gasteiger partial charge is 0.311 e. The Hall–Kier alpha value is -2.97. The second-order valence-corrected chi connectivity index (χ2v) is 7.55. The molecule has 0 bridgehead atoms. The van der Waals surface area contributed by atoms with Crippen LogP contribution < -0.4 is 4.90 Å². The van der Waals surface area contributed by atoms with E-state index in [4.69, 9.17) is 0 Å². The zero-order valence-corrected chi connectivity index (χ0v) is 16.8. The fraction of sp³-hybridized carbons (Fsp3) is 0.0769. The van der Waals surface area contributed by atoms with E-state index in [1.165, 1.54) is 16.7 Å². The topological polar surface area (TPSA) is 3.24 Å². The van der Waals surface area contributed by atoms with Crippen LogP contribution in [0.4, 0.5) is 17.1 Å². The Morgan fingerprint density at radius 2 is 0.964 bits per heavy atom. The number of hydrogen-bond acceptors (Lipinski definition) is 2. The Labute approximate surface area is 171 Å². The summed E-state index contributed by atoms with van der Waals surface area (Å²) >= 11 is 1.85. The van der Waals surface area contributed by atoms with Gasteiger partial charge in [0, 0.05) is 22.8 Å². The molecule has 0 saturated heterocycles. The van der Waals surface area contributed by atoms with Crippen molar-refractivity contribution in [1.29, 1.82) is 0 Å². The quantitative estimate of drug-likeness (QED) is 0.337. The molecule has 0 radical (unpaired) electrons. The van der Waals surface area contributed by atoms with Crippen molar-refractivity contribution in [1.82, 2.24) is 0 Å². The predicted octanol–water partition coefficient (Wildman–Crippen LogP) is 7.69. The van der Waals surface area contributed by atoms with E-state index in [1.54, 1.807) is 0 Å². The maximum Gasteiger partial charge on any atom is 0.0462 e. The van der Waals surface area contributed by atoms with E-state index < -0.39 is 0 Å². The summed E-state index contributed by atoms with van der Waals surface area (Å²) in [7, 11) is 0. The van der Waals surface area contributed by atoms with E-state index in [9.17, 15) is 0 Å². The standard InChI is InChI=1S/C26H23NS/c1-28-20-21-12-14-22(15-13-21)23-16-18-26(19-17-23)27(24-8-4-2-5-9-24)25-10-6-3-7-11-25/h2-19H,20H2,1H3. The first-order chi connectivity index (χ1) is 13.8. The van der Waals surface area contributed by atoms with Crippen LogP contribution in [0.25, 0.3) is 11.1 Å². The van der Waals surface area contributed by atoms with Gasteiger partial charge in [0.25, 0.3) is 0 Å². The minimum Gasteiger partial charge on any atom is -0.311 e. The van der Waals surface area contributed by atoms with Crippen LogP contribution >= 0.6 is 11.8 Å². The average molecular weight is 382 g/mol. The third kappa shape index (κ3) is 4.13. The third-order valence-corrected chi connectivity index (χ3v) is 5.37. The number of thioether (sulfide) groups is 1. The van der Waals surface area contributed by atoms with E-state index in [2.05, 4.69) is 120 Å². The molecule has 4 rings (SSSR count). The molecule has 0 saturated carbocycles. The van der Waals surface area contributed by atoms with E-state index in [0.717, 1.165) is 22.8 Å². The molecule has 1 nitrogen and oxygen atoms in total. The SMILES string of the molecule is CSCc1ccc(-c2ccc(N(c3ccccc3)c3ccccc3)cc2)cc1. The molecule has 0 aliphatic heterocycles. The summed E-state index contributed by atoms with van der Waals surface area (Å²) < 4.78 is 0. The fourth-order valence-corrected chi connectivity index (χ4v) is 3.89. The smallest absolute Gasteiger partial charge is 0.0462 e. The lowest BCUT2D eigenvalue weighted by Crippen LogP contribution is -2.09. The van der Waals surface area contributed by atoms with Gasteiger partial charge in [-0.2, -0.15) is 11.8 Å². The van der Waals surface area contributed by atoms with Gasteiger partial charge in [-0.3, -0.25) is 0 Å².